The van der Waals surface area contributed by atoms with Crippen molar-refractivity contribution in [1.82, 2.24) is 9.88 Å². The van der Waals surface area contributed by atoms with Crippen LogP contribution in [0.5, 0.6) is 0 Å². The Labute approximate surface area is 209 Å². The number of sulfone groups is 1. The van der Waals surface area contributed by atoms with Crippen LogP contribution in [0.2, 0.25) is 0 Å². The fraction of sp³-hybridized carbons (Fsp3) is 0.519. The average molecular weight is 503 g/mol. The number of nitrogens with zero attached hydrogens (tertiary/aromatic N) is 2. The van der Waals surface area contributed by atoms with Crippen molar-refractivity contribution >= 4 is 21.5 Å². The van der Waals surface area contributed by atoms with Crippen molar-refractivity contribution in [3.05, 3.63) is 48.2 Å². The van der Waals surface area contributed by atoms with Gasteiger partial charge in [0.1, 0.15) is 4.75 Å². The molecule has 0 bridgehead atoms. The van der Waals surface area contributed by atoms with Crippen LogP contribution in [0.1, 0.15) is 53.0 Å². The first kappa shape index (κ1) is 28.7. The minimum Gasteiger partial charge on any atom is -0.381 e. The van der Waals surface area contributed by atoms with Crippen LogP contribution in [0.3, 0.4) is 0 Å². The number of carbonyl (C=O) groups excluding carboxylic acids is 2. The highest BCUT2D eigenvalue weighted by atomic mass is 32.2. The normalized spacial score (nSPS) is 15.2. The lowest BCUT2D eigenvalue weighted by atomic mass is 9.95. The Morgan fingerprint density at radius 1 is 1.06 bits per heavy atom. The van der Waals surface area contributed by atoms with Crippen LogP contribution in [0.15, 0.2) is 47.5 Å². The molecule has 35 heavy (non-hydrogen) atoms. The summed E-state index contributed by atoms with van der Waals surface area (Å²) in [5, 5.41) is 0. The van der Waals surface area contributed by atoms with E-state index >= 15 is 0 Å². The summed E-state index contributed by atoms with van der Waals surface area (Å²) in [6.07, 6.45) is 1.95. The molecule has 192 valence electrons. The lowest BCUT2D eigenvalue weighted by molar-refractivity contribution is -0.129. The number of rotatable bonds is 8. The molecule has 3 rings (SSSR count). The van der Waals surface area contributed by atoms with E-state index in [1.165, 1.54) is 19.2 Å². The molecule has 1 amide bonds. The predicted molar refractivity (Wildman–Crippen MR) is 138 cm³/mol. The zero-order valence-electron chi connectivity index (χ0n) is 21.7. The Hall–Kier alpha value is -2.58. The molecule has 0 saturated carbocycles. The summed E-state index contributed by atoms with van der Waals surface area (Å²) in [5.41, 5.74) is 2.34. The number of carbonyl (C=O) groups is 2. The van der Waals surface area contributed by atoms with Crippen molar-refractivity contribution in [1.29, 1.82) is 0 Å². The molecule has 1 fully saturated rings. The van der Waals surface area contributed by atoms with Gasteiger partial charge in [0.2, 0.25) is 5.91 Å². The quantitative estimate of drug-likeness (QED) is 0.533. The number of Topliss-reactive ketones (excluding diaryl/α,β-unsaturated/α-hetero) is 1. The topological polar surface area (TPSA) is 93.6 Å². The number of amides is 1. The van der Waals surface area contributed by atoms with Crippen molar-refractivity contribution in [3.63, 3.8) is 0 Å². The van der Waals surface area contributed by atoms with Gasteiger partial charge in [0.25, 0.3) is 0 Å². The molecule has 0 radical (unpaired) electrons. The third kappa shape index (κ3) is 6.55. The summed E-state index contributed by atoms with van der Waals surface area (Å²) < 4.78 is 30.5. The van der Waals surface area contributed by atoms with Gasteiger partial charge in [0, 0.05) is 38.6 Å². The maximum absolute atomic E-state index is 13.3. The van der Waals surface area contributed by atoms with E-state index in [9.17, 15) is 18.0 Å². The van der Waals surface area contributed by atoms with E-state index in [1.807, 2.05) is 45.2 Å². The summed E-state index contributed by atoms with van der Waals surface area (Å²) in [5.74, 6) is 0.117. The molecule has 1 aliphatic rings. The van der Waals surface area contributed by atoms with Crippen LogP contribution in [-0.2, 0) is 30.6 Å². The minimum absolute atomic E-state index is 0.0405. The fourth-order valence-electron chi connectivity index (χ4n) is 4.20. The summed E-state index contributed by atoms with van der Waals surface area (Å²) in [6, 6.07) is 10.7. The van der Waals surface area contributed by atoms with Crippen molar-refractivity contribution in [3.8, 4) is 11.3 Å². The molecule has 2 heterocycles. The lowest BCUT2D eigenvalue weighted by Crippen LogP contribution is -2.49. The Morgan fingerprint density at radius 2 is 1.66 bits per heavy atom. The van der Waals surface area contributed by atoms with Crippen molar-refractivity contribution in [2.24, 2.45) is 5.92 Å². The largest absolute Gasteiger partial charge is 0.381 e. The fourth-order valence-corrected chi connectivity index (χ4v) is 6.17. The van der Waals surface area contributed by atoms with Gasteiger partial charge in [0.05, 0.1) is 17.0 Å². The first-order valence-electron chi connectivity index (χ1n) is 12.2. The SMILES string of the molecule is CC.CC(=O)C1(S(=O)(=O)c2ccc(-c3ccc(CC(=O)N(C)CC(C)C)cc3)nc2)CCOCC1. The molecule has 8 heteroatoms. The molecule has 0 aliphatic carbocycles. The third-order valence-electron chi connectivity index (χ3n) is 6.17. The Bertz CT molecular complexity index is 1090. The van der Waals surface area contributed by atoms with Crippen LogP contribution in [0.25, 0.3) is 11.3 Å². The van der Waals surface area contributed by atoms with Gasteiger partial charge in [-0.3, -0.25) is 14.6 Å². The molecule has 1 saturated heterocycles. The molecule has 0 spiro atoms. The van der Waals surface area contributed by atoms with E-state index in [4.69, 9.17) is 4.74 Å². The first-order chi connectivity index (χ1) is 16.6. The van der Waals surface area contributed by atoms with E-state index in [1.54, 1.807) is 11.0 Å². The second-order valence-corrected chi connectivity index (χ2v) is 11.3. The highest BCUT2D eigenvalue weighted by molar-refractivity contribution is 7.93. The highest BCUT2D eigenvalue weighted by Gasteiger charge is 2.50. The first-order valence-corrected chi connectivity index (χ1v) is 13.7. The van der Waals surface area contributed by atoms with Crippen molar-refractivity contribution in [2.75, 3.05) is 26.8 Å². The maximum Gasteiger partial charge on any atom is 0.226 e. The lowest BCUT2D eigenvalue weighted by Gasteiger charge is -2.34. The monoisotopic (exact) mass is 502 g/mol. The van der Waals surface area contributed by atoms with Crippen LogP contribution < -0.4 is 0 Å². The average Bonchev–Trinajstić information content (AvgIpc) is 2.85. The summed E-state index contributed by atoms with van der Waals surface area (Å²) >= 11 is 0. The molecule has 2 aromatic rings. The van der Waals surface area contributed by atoms with Gasteiger partial charge >= 0.3 is 0 Å². The number of aromatic nitrogens is 1. The van der Waals surface area contributed by atoms with Crippen LogP contribution in [0.4, 0.5) is 0 Å². The van der Waals surface area contributed by atoms with E-state index in [0.29, 0.717) is 24.6 Å². The van der Waals surface area contributed by atoms with Gasteiger partial charge < -0.3 is 9.64 Å². The summed E-state index contributed by atoms with van der Waals surface area (Å²) in [7, 11) is -2.08. The molecule has 1 aromatic carbocycles. The van der Waals surface area contributed by atoms with E-state index in [-0.39, 0.29) is 42.6 Å². The highest BCUT2D eigenvalue weighted by Crippen LogP contribution is 2.36. The Kier molecular flexibility index (Phi) is 10.2. The Morgan fingerprint density at radius 3 is 2.14 bits per heavy atom. The van der Waals surface area contributed by atoms with E-state index in [2.05, 4.69) is 18.8 Å². The molecule has 1 aromatic heterocycles. The molecule has 1 aliphatic heterocycles. The number of hydrogen-bond acceptors (Lipinski definition) is 6. The van der Waals surface area contributed by atoms with Crippen LogP contribution in [-0.4, -0.2) is 61.5 Å². The van der Waals surface area contributed by atoms with E-state index < -0.39 is 14.6 Å². The smallest absolute Gasteiger partial charge is 0.226 e. The van der Waals surface area contributed by atoms with Crippen molar-refractivity contribution < 1.29 is 22.7 Å². The van der Waals surface area contributed by atoms with Gasteiger partial charge in [-0.2, -0.15) is 0 Å². The number of likely N-dealkylation sites (N-methyl/N-ethyl adjacent to an activating group) is 1. The number of hydrogen-bond donors (Lipinski definition) is 0. The predicted octanol–water partition coefficient (Wildman–Crippen LogP) is 4.34. The number of ether oxygens (including phenoxy) is 1. The van der Waals surface area contributed by atoms with Crippen LogP contribution in [0, 0.1) is 5.92 Å². The number of benzene rings is 1. The molecule has 0 atom stereocenters. The molecular weight excluding hydrogens is 464 g/mol. The Balaban J connectivity index is 0.00000210. The zero-order valence-corrected chi connectivity index (χ0v) is 22.5. The van der Waals surface area contributed by atoms with Gasteiger partial charge in [0.15, 0.2) is 15.6 Å². The molecule has 7 nitrogen and oxygen atoms in total. The number of pyridine rings is 1. The molecule has 0 N–H and O–H groups in total. The van der Waals surface area contributed by atoms with Gasteiger partial charge in [-0.25, -0.2) is 8.42 Å². The molecular formula is C27H38N2O5S. The maximum atomic E-state index is 13.3. The van der Waals surface area contributed by atoms with Gasteiger partial charge in [-0.1, -0.05) is 52.0 Å². The third-order valence-corrected chi connectivity index (χ3v) is 8.76. The second-order valence-electron chi connectivity index (χ2n) is 9.09. The summed E-state index contributed by atoms with van der Waals surface area (Å²) in [6.45, 7) is 10.7. The minimum atomic E-state index is -3.89. The van der Waals surface area contributed by atoms with Crippen molar-refractivity contribution in [2.45, 2.75) is 63.5 Å². The van der Waals surface area contributed by atoms with Gasteiger partial charge in [-0.15, -0.1) is 0 Å². The van der Waals surface area contributed by atoms with Gasteiger partial charge in [-0.05, 0) is 43.4 Å². The molecule has 0 unspecified atom stereocenters. The van der Waals surface area contributed by atoms with E-state index in [0.717, 1.165) is 11.1 Å². The number of ketones is 1. The zero-order chi connectivity index (χ0) is 26.2. The van der Waals surface area contributed by atoms with Crippen LogP contribution >= 0.6 is 0 Å². The second kappa shape index (κ2) is 12.4. The summed E-state index contributed by atoms with van der Waals surface area (Å²) in [4.78, 5) is 30.9. The standard InChI is InChI=1S/C25H32N2O5S.C2H6/c1-18(2)17-27(4)24(29)15-20-5-7-21(8-6-20)23-10-9-22(16-26-23)33(30,31)25(19(3)28)11-13-32-14-12-25;1-2/h5-10,16,18H,11-15,17H2,1-4H3;1-2H3.